The first-order valence-corrected chi connectivity index (χ1v) is 8.23. The molecule has 2 aromatic carbocycles. The molecule has 0 heterocycles. The number of benzene rings is 2. The molecule has 0 saturated carbocycles. The summed E-state index contributed by atoms with van der Waals surface area (Å²) >= 11 is 0. The maximum Gasteiger partial charge on any atom is 0.0440 e. The Morgan fingerprint density at radius 1 is 0.583 bits per heavy atom. The fraction of sp³-hybridized carbons (Fsp3) is 0.273. The molecule has 0 aliphatic carbocycles. The zero-order valence-corrected chi connectivity index (χ0v) is 13.8. The van der Waals surface area contributed by atoms with E-state index in [1.165, 1.54) is 0 Å². The van der Waals surface area contributed by atoms with Crippen LogP contribution in [0.1, 0.15) is 36.8 Å². The summed E-state index contributed by atoms with van der Waals surface area (Å²) in [5.41, 5.74) is 4.28. The minimum Gasteiger partial charge on any atom is -0.396 e. The van der Waals surface area contributed by atoms with Gasteiger partial charge in [-0.15, -0.1) is 0 Å². The number of aliphatic hydroxyl groups is 2. The first-order valence-electron chi connectivity index (χ1n) is 8.23. The van der Waals surface area contributed by atoms with E-state index in [1.54, 1.807) is 0 Å². The fourth-order valence-corrected chi connectivity index (χ4v) is 2.16. The van der Waals surface area contributed by atoms with Crippen molar-refractivity contribution in [3.63, 3.8) is 0 Å². The Kier molecular flexibility index (Phi) is 7.64. The van der Waals surface area contributed by atoms with Crippen LogP contribution in [0.5, 0.6) is 0 Å². The van der Waals surface area contributed by atoms with Crippen LogP contribution < -0.4 is 0 Å². The average molecular weight is 318 g/mol. The summed E-state index contributed by atoms with van der Waals surface area (Å²) < 4.78 is 0. The second kappa shape index (κ2) is 10.3. The second-order valence-electron chi connectivity index (χ2n) is 5.41. The molecule has 0 saturated heterocycles. The third-order valence-electron chi connectivity index (χ3n) is 3.49. The van der Waals surface area contributed by atoms with Crippen LogP contribution in [0.25, 0.3) is 11.1 Å². The third kappa shape index (κ3) is 5.94. The number of aliphatic hydroxyl groups excluding tert-OH is 2. The lowest BCUT2D eigenvalue weighted by molar-refractivity contribution is 0.290. The summed E-state index contributed by atoms with van der Waals surface area (Å²) in [5.74, 6) is 12.3. The molecule has 24 heavy (non-hydrogen) atoms. The van der Waals surface area contributed by atoms with Gasteiger partial charge in [0, 0.05) is 37.2 Å². The van der Waals surface area contributed by atoms with Crippen LogP contribution >= 0.6 is 0 Å². The number of hydrogen-bond acceptors (Lipinski definition) is 2. The van der Waals surface area contributed by atoms with Crippen molar-refractivity contribution >= 4 is 0 Å². The van der Waals surface area contributed by atoms with Gasteiger partial charge in [-0.1, -0.05) is 47.9 Å². The largest absolute Gasteiger partial charge is 0.396 e. The summed E-state index contributed by atoms with van der Waals surface area (Å²) in [6.45, 7) is 0.380. The summed E-state index contributed by atoms with van der Waals surface area (Å²) in [5, 5.41) is 17.5. The van der Waals surface area contributed by atoms with Crippen LogP contribution in [0.2, 0.25) is 0 Å². The Labute approximate surface area is 144 Å². The van der Waals surface area contributed by atoms with E-state index in [9.17, 15) is 0 Å². The standard InChI is InChI=1S/C22H22O2/c23-17-5-1-3-7-19-9-13-21(14-10-19)22-15-11-20(12-16-22)8-4-2-6-18-24/h9-16,23-24H,1-2,5-6,17-18H2. The minimum atomic E-state index is 0.190. The molecular formula is C22H22O2. The van der Waals surface area contributed by atoms with Gasteiger partial charge in [0.25, 0.3) is 0 Å². The van der Waals surface area contributed by atoms with Crippen LogP contribution in [-0.4, -0.2) is 23.4 Å². The molecule has 0 aliphatic rings. The quantitative estimate of drug-likeness (QED) is 0.653. The Morgan fingerprint density at radius 2 is 0.958 bits per heavy atom. The van der Waals surface area contributed by atoms with E-state index in [-0.39, 0.29) is 13.2 Å². The molecule has 0 atom stereocenters. The molecule has 2 aromatic rings. The molecular weight excluding hydrogens is 296 g/mol. The lowest BCUT2D eigenvalue weighted by Crippen LogP contribution is -1.82. The smallest absolute Gasteiger partial charge is 0.0440 e. The predicted molar refractivity (Wildman–Crippen MR) is 98.3 cm³/mol. The molecule has 0 spiro atoms. The summed E-state index contributed by atoms with van der Waals surface area (Å²) in [4.78, 5) is 0. The molecule has 0 aromatic heterocycles. The minimum absolute atomic E-state index is 0.190. The molecule has 0 radical (unpaired) electrons. The highest BCUT2D eigenvalue weighted by Gasteiger charge is 1.97. The van der Waals surface area contributed by atoms with Gasteiger partial charge in [-0.25, -0.2) is 0 Å². The van der Waals surface area contributed by atoms with E-state index >= 15 is 0 Å². The number of hydrogen-bond donors (Lipinski definition) is 2. The van der Waals surface area contributed by atoms with E-state index < -0.39 is 0 Å². The van der Waals surface area contributed by atoms with Gasteiger partial charge >= 0.3 is 0 Å². The Hall–Kier alpha value is -2.52. The van der Waals surface area contributed by atoms with Gasteiger partial charge in [0.05, 0.1) is 0 Å². The van der Waals surface area contributed by atoms with Crippen molar-refractivity contribution in [1.82, 2.24) is 0 Å². The van der Waals surface area contributed by atoms with E-state index in [1.807, 2.05) is 24.3 Å². The van der Waals surface area contributed by atoms with Gasteiger partial charge in [-0.2, -0.15) is 0 Å². The van der Waals surface area contributed by atoms with Crippen molar-refractivity contribution < 1.29 is 10.2 Å². The predicted octanol–water partition coefficient (Wildman–Crippen LogP) is 3.60. The van der Waals surface area contributed by atoms with Crippen molar-refractivity contribution in [2.24, 2.45) is 0 Å². The van der Waals surface area contributed by atoms with E-state index in [0.29, 0.717) is 0 Å². The molecule has 2 nitrogen and oxygen atoms in total. The van der Waals surface area contributed by atoms with Crippen LogP contribution in [0.3, 0.4) is 0 Å². The summed E-state index contributed by atoms with van der Waals surface area (Å²) in [6, 6.07) is 16.3. The van der Waals surface area contributed by atoms with Crippen molar-refractivity contribution in [2.45, 2.75) is 25.7 Å². The molecule has 0 unspecified atom stereocenters. The topological polar surface area (TPSA) is 40.5 Å². The van der Waals surface area contributed by atoms with E-state index in [0.717, 1.165) is 47.9 Å². The molecule has 2 heteroatoms. The third-order valence-corrected chi connectivity index (χ3v) is 3.49. The first-order chi connectivity index (χ1) is 11.8. The molecule has 2 rings (SSSR count). The Bertz CT molecular complexity index is 668. The number of rotatable bonds is 5. The average Bonchev–Trinajstić information content (AvgIpc) is 2.64. The van der Waals surface area contributed by atoms with Crippen LogP contribution in [0.15, 0.2) is 48.5 Å². The highest BCUT2D eigenvalue weighted by atomic mass is 16.3. The van der Waals surface area contributed by atoms with Gasteiger partial charge in [-0.05, 0) is 48.2 Å². The monoisotopic (exact) mass is 318 g/mol. The number of unbranched alkanes of at least 4 members (excludes halogenated alkanes) is 2. The summed E-state index contributed by atoms with van der Waals surface area (Å²) in [7, 11) is 0. The van der Waals surface area contributed by atoms with Crippen molar-refractivity contribution in [3.05, 3.63) is 59.7 Å². The van der Waals surface area contributed by atoms with E-state index in [4.69, 9.17) is 10.2 Å². The lowest BCUT2D eigenvalue weighted by Gasteiger charge is -2.02. The van der Waals surface area contributed by atoms with Gasteiger partial charge in [0.2, 0.25) is 0 Å². The summed E-state index contributed by atoms with van der Waals surface area (Å²) in [6.07, 6.45) is 2.89. The SMILES string of the molecule is OCCCC#Cc1ccc(-c2ccc(C#CCCCO)cc2)cc1. The van der Waals surface area contributed by atoms with Crippen LogP contribution in [0.4, 0.5) is 0 Å². The van der Waals surface area contributed by atoms with Crippen molar-refractivity contribution in [3.8, 4) is 34.8 Å². The maximum absolute atomic E-state index is 8.73. The van der Waals surface area contributed by atoms with E-state index in [2.05, 4.69) is 47.9 Å². The molecule has 0 amide bonds. The van der Waals surface area contributed by atoms with Gasteiger partial charge in [0.1, 0.15) is 0 Å². The van der Waals surface area contributed by atoms with Gasteiger partial charge < -0.3 is 10.2 Å². The van der Waals surface area contributed by atoms with Crippen LogP contribution in [0, 0.1) is 23.7 Å². The zero-order chi connectivity index (χ0) is 17.0. The first kappa shape index (κ1) is 17.8. The lowest BCUT2D eigenvalue weighted by atomic mass is 10.0. The highest BCUT2D eigenvalue weighted by Crippen LogP contribution is 2.20. The van der Waals surface area contributed by atoms with Crippen molar-refractivity contribution in [2.75, 3.05) is 13.2 Å². The second-order valence-corrected chi connectivity index (χ2v) is 5.41. The van der Waals surface area contributed by atoms with Crippen LogP contribution in [-0.2, 0) is 0 Å². The molecule has 2 N–H and O–H groups in total. The maximum atomic E-state index is 8.73. The Balaban J connectivity index is 2.00. The molecule has 122 valence electrons. The molecule has 0 fully saturated rings. The Morgan fingerprint density at radius 3 is 1.29 bits per heavy atom. The highest BCUT2D eigenvalue weighted by molar-refractivity contribution is 5.65. The van der Waals surface area contributed by atoms with Gasteiger partial charge in [-0.3, -0.25) is 0 Å². The zero-order valence-electron chi connectivity index (χ0n) is 13.8. The normalized spacial score (nSPS) is 9.58. The van der Waals surface area contributed by atoms with Gasteiger partial charge in [0.15, 0.2) is 0 Å². The fourth-order valence-electron chi connectivity index (χ4n) is 2.16. The van der Waals surface area contributed by atoms with Crippen molar-refractivity contribution in [1.29, 1.82) is 0 Å². The molecule has 0 aliphatic heterocycles. The molecule has 0 bridgehead atoms.